The summed E-state index contributed by atoms with van der Waals surface area (Å²) in [5.41, 5.74) is 4.64. The largest absolute Gasteiger partial charge is 0.457 e. The highest BCUT2D eigenvalue weighted by Gasteiger charge is 2.23. The molecule has 6 aromatic rings. The summed E-state index contributed by atoms with van der Waals surface area (Å²) < 4.78 is 12.1. The van der Waals surface area contributed by atoms with Gasteiger partial charge in [0.05, 0.1) is 0 Å². The van der Waals surface area contributed by atoms with Crippen molar-refractivity contribution >= 4 is 23.2 Å². The standard InChI is InChI=1S/C41H34N2O4/c1-41(2,31-13-21-35(22-14-31)46-37-25-17-33(18-26-37)42-39(44)29-9-5-3-6-10-29)32-15-23-36(24-16-32)47-38-27-19-34(20-28-38)43-40(45)30-11-7-4-8-12-30/h3-28H,1-2H3,(H,42,44)(H,43,45). The van der Waals surface area contributed by atoms with E-state index in [9.17, 15) is 9.59 Å². The first-order valence-electron chi connectivity index (χ1n) is 15.3. The Morgan fingerprint density at radius 1 is 0.426 bits per heavy atom. The van der Waals surface area contributed by atoms with Gasteiger partial charge in [0.25, 0.3) is 11.8 Å². The fraction of sp³-hybridized carbons (Fsp3) is 0.0732. The van der Waals surface area contributed by atoms with Gasteiger partial charge >= 0.3 is 0 Å². The molecule has 6 rings (SSSR count). The smallest absolute Gasteiger partial charge is 0.255 e. The predicted molar refractivity (Wildman–Crippen MR) is 187 cm³/mol. The van der Waals surface area contributed by atoms with E-state index in [0.717, 1.165) is 22.6 Å². The van der Waals surface area contributed by atoms with Crippen LogP contribution in [0.5, 0.6) is 23.0 Å². The van der Waals surface area contributed by atoms with Gasteiger partial charge in [-0.25, -0.2) is 0 Å². The summed E-state index contributed by atoms with van der Waals surface area (Å²) in [6.07, 6.45) is 0. The molecule has 2 amide bonds. The Hall–Kier alpha value is -6.14. The summed E-state index contributed by atoms with van der Waals surface area (Å²) in [5, 5.41) is 5.80. The number of rotatable bonds is 10. The normalized spacial score (nSPS) is 10.9. The minimum atomic E-state index is -0.256. The van der Waals surface area contributed by atoms with E-state index in [-0.39, 0.29) is 17.2 Å². The highest BCUT2D eigenvalue weighted by atomic mass is 16.5. The Balaban J connectivity index is 1.03. The molecule has 0 saturated heterocycles. The molecule has 6 nitrogen and oxygen atoms in total. The van der Waals surface area contributed by atoms with Gasteiger partial charge in [-0.1, -0.05) is 74.5 Å². The highest BCUT2D eigenvalue weighted by Crippen LogP contribution is 2.35. The number of carbonyl (C=O) groups excluding carboxylic acids is 2. The summed E-state index contributed by atoms with van der Waals surface area (Å²) in [7, 11) is 0. The van der Waals surface area contributed by atoms with Crippen molar-refractivity contribution in [2.45, 2.75) is 19.3 Å². The first-order valence-corrected chi connectivity index (χ1v) is 15.3. The molecule has 0 aliphatic rings. The summed E-state index contributed by atoms with van der Waals surface area (Å²) >= 11 is 0. The molecular formula is C41H34N2O4. The maximum absolute atomic E-state index is 12.4. The minimum Gasteiger partial charge on any atom is -0.457 e. The van der Waals surface area contributed by atoms with Crippen LogP contribution in [0, 0.1) is 0 Å². The maximum Gasteiger partial charge on any atom is 0.255 e. The summed E-state index contributed by atoms with van der Waals surface area (Å²) in [5.74, 6) is 2.49. The molecule has 0 atom stereocenters. The van der Waals surface area contributed by atoms with Gasteiger partial charge in [0.15, 0.2) is 0 Å². The third-order valence-electron chi connectivity index (χ3n) is 7.92. The summed E-state index contributed by atoms with van der Waals surface area (Å²) in [4.78, 5) is 24.8. The van der Waals surface area contributed by atoms with Gasteiger partial charge in [0.1, 0.15) is 23.0 Å². The van der Waals surface area contributed by atoms with Gasteiger partial charge in [-0.05, 0) is 108 Å². The zero-order valence-corrected chi connectivity index (χ0v) is 26.1. The molecule has 47 heavy (non-hydrogen) atoms. The van der Waals surface area contributed by atoms with Crippen LogP contribution in [-0.4, -0.2) is 11.8 Å². The number of ether oxygens (including phenoxy) is 2. The fourth-order valence-corrected chi connectivity index (χ4v) is 5.12. The summed E-state index contributed by atoms with van der Waals surface area (Å²) in [6.45, 7) is 4.37. The highest BCUT2D eigenvalue weighted by molar-refractivity contribution is 6.04. The van der Waals surface area contributed by atoms with Crippen molar-refractivity contribution in [1.82, 2.24) is 0 Å². The minimum absolute atomic E-state index is 0.155. The Labute approximate surface area is 274 Å². The van der Waals surface area contributed by atoms with Crippen molar-refractivity contribution in [2.75, 3.05) is 10.6 Å². The van der Waals surface area contributed by atoms with E-state index in [0.29, 0.717) is 34.0 Å². The van der Waals surface area contributed by atoms with Gasteiger partial charge in [0, 0.05) is 27.9 Å². The van der Waals surface area contributed by atoms with Crippen molar-refractivity contribution in [1.29, 1.82) is 0 Å². The van der Waals surface area contributed by atoms with E-state index in [1.165, 1.54) is 0 Å². The molecule has 0 spiro atoms. The second-order valence-corrected chi connectivity index (χ2v) is 11.6. The van der Waals surface area contributed by atoms with Crippen LogP contribution in [0.1, 0.15) is 45.7 Å². The molecule has 2 N–H and O–H groups in total. The van der Waals surface area contributed by atoms with Gasteiger partial charge < -0.3 is 20.1 Å². The van der Waals surface area contributed by atoms with E-state index >= 15 is 0 Å². The molecule has 232 valence electrons. The number of hydrogen-bond acceptors (Lipinski definition) is 4. The number of hydrogen-bond donors (Lipinski definition) is 2. The van der Waals surface area contributed by atoms with Gasteiger partial charge in [-0.15, -0.1) is 0 Å². The van der Waals surface area contributed by atoms with Gasteiger partial charge in [0.2, 0.25) is 0 Å². The number of amides is 2. The fourth-order valence-electron chi connectivity index (χ4n) is 5.12. The van der Waals surface area contributed by atoms with E-state index in [1.54, 1.807) is 24.3 Å². The molecule has 0 heterocycles. The first-order chi connectivity index (χ1) is 22.8. The average Bonchev–Trinajstić information content (AvgIpc) is 3.11. The van der Waals surface area contributed by atoms with Crippen molar-refractivity contribution < 1.29 is 19.1 Å². The van der Waals surface area contributed by atoms with Crippen molar-refractivity contribution in [3.8, 4) is 23.0 Å². The topological polar surface area (TPSA) is 76.7 Å². The molecule has 6 aromatic carbocycles. The lowest BCUT2D eigenvalue weighted by Gasteiger charge is -2.26. The van der Waals surface area contributed by atoms with Crippen LogP contribution in [0.25, 0.3) is 0 Å². The molecule has 0 radical (unpaired) electrons. The van der Waals surface area contributed by atoms with Crippen LogP contribution >= 0.6 is 0 Å². The maximum atomic E-state index is 12.4. The quantitative estimate of drug-likeness (QED) is 0.160. The van der Waals surface area contributed by atoms with E-state index in [4.69, 9.17) is 9.47 Å². The molecule has 0 aliphatic heterocycles. The number of nitrogens with one attached hydrogen (secondary N) is 2. The predicted octanol–water partition coefficient (Wildman–Crippen LogP) is 10.1. The van der Waals surface area contributed by atoms with E-state index in [1.807, 2.05) is 109 Å². The lowest BCUT2D eigenvalue weighted by molar-refractivity contribution is 0.101. The van der Waals surface area contributed by atoms with Crippen molar-refractivity contribution in [2.24, 2.45) is 0 Å². The van der Waals surface area contributed by atoms with Crippen molar-refractivity contribution in [3.05, 3.63) is 180 Å². The van der Waals surface area contributed by atoms with Crippen molar-refractivity contribution in [3.63, 3.8) is 0 Å². The average molecular weight is 619 g/mol. The van der Waals surface area contributed by atoms with Crippen LogP contribution in [0.15, 0.2) is 158 Å². The van der Waals surface area contributed by atoms with Crippen LogP contribution in [0.2, 0.25) is 0 Å². The second-order valence-electron chi connectivity index (χ2n) is 11.6. The molecule has 0 saturated carbocycles. The SMILES string of the molecule is CC(C)(c1ccc(Oc2ccc(NC(=O)c3ccccc3)cc2)cc1)c1ccc(Oc2ccc(NC(=O)c3ccccc3)cc2)cc1. The second kappa shape index (κ2) is 13.9. The number of carbonyl (C=O) groups is 2. The molecular weight excluding hydrogens is 584 g/mol. The lowest BCUT2D eigenvalue weighted by atomic mass is 9.78. The Kier molecular flexibility index (Phi) is 9.11. The molecule has 0 unspecified atom stereocenters. The van der Waals surface area contributed by atoms with Crippen LogP contribution < -0.4 is 20.1 Å². The van der Waals surface area contributed by atoms with Gasteiger partial charge in [-0.3, -0.25) is 9.59 Å². The lowest BCUT2D eigenvalue weighted by Crippen LogP contribution is -2.18. The zero-order chi connectivity index (χ0) is 32.6. The third-order valence-corrected chi connectivity index (χ3v) is 7.92. The van der Waals surface area contributed by atoms with E-state index in [2.05, 4.69) is 48.7 Å². The van der Waals surface area contributed by atoms with Crippen LogP contribution in [0.4, 0.5) is 11.4 Å². The van der Waals surface area contributed by atoms with Crippen LogP contribution in [0.3, 0.4) is 0 Å². The first kappa shape index (κ1) is 30.9. The summed E-state index contributed by atoms with van der Waals surface area (Å²) in [6, 6.07) is 49.0. The Bertz CT molecular complexity index is 1790. The van der Waals surface area contributed by atoms with E-state index < -0.39 is 0 Å². The Morgan fingerprint density at radius 2 is 0.723 bits per heavy atom. The molecule has 0 aliphatic carbocycles. The molecule has 6 heteroatoms. The Morgan fingerprint density at radius 3 is 1.04 bits per heavy atom. The molecule has 0 fully saturated rings. The zero-order valence-electron chi connectivity index (χ0n) is 26.1. The van der Waals surface area contributed by atoms with Gasteiger partial charge in [-0.2, -0.15) is 0 Å². The number of anilines is 2. The molecule has 0 bridgehead atoms. The van der Waals surface area contributed by atoms with Crippen LogP contribution in [-0.2, 0) is 5.41 Å². The third kappa shape index (κ3) is 7.75. The number of benzene rings is 6. The monoisotopic (exact) mass is 618 g/mol. The molecule has 0 aromatic heterocycles.